The lowest BCUT2D eigenvalue weighted by Gasteiger charge is -2.17. The zero-order valence-corrected chi connectivity index (χ0v) is 14.4. The Morgan fingerprint density at radius 1 is 1.36 bits per heavy atom. The van der Waals surface area contributed by atoms with Gasteiger partial charge in [0.15, 0.2) is 5.96 Å². The number of nitrogens with zero attached hydrogens (tertiary/aromatic N) is 1. The van der Waals surface area contributed by atoms with Crippen LogP contribution in [0.2, 0.25) is 0 Å². The molecule has 0 radical (unpaired) electrons. The summed E-state index contributed by atoms with van der Waals surface area (Å²) in [6.07, 6.45) is 3.07. The standard InChI is InChI=1S/C16H26N4OS/c1-11(10-14-7-4-12(2)22-14)20-16(17-3)19-9-8-18-15(21)13-5-6-13/h4,7,11,13H,5-6,8-10H2,1-3H3,(H,18,21)(H2,17,19,20). The molecule has 6 heteroatoms. The number of aryl methyl sites for hydroxylation is 1. The van der Waals surface area contributed by atoms with Gasteiger partial charge in [-0.15, -0.1) is 11.3 Å². The van der Waals surface area contributed by atoms with Gasteiger partial charge in [-0.3, -0.25) is 9.79 Å². The highest BCUT2D eigenvalue weighted by Crippen LogP contribution is 2.28. The number of amides is 1. The van der Waals surface area contributed by atoms with Crippen molar-refractivity contribution in [1.29, 1.82) is 0 Å². The molecule has 1 aromatic rings. The molecule has 0 aromatic carbocycles. The fourth-order valence-corrected chi connectivity index (χ4v) is 3.25. The third-order valence-corrected chi connectivity index (χ3v) is 4.60. The lowest BCUT2D eigenvalue weighted by Crippen LogP contribution is -2.45. The fraction of sp³-hybridized carbons (Fsp3) is 0.625. The summed E-state index contributed by atoms with van der Waals surface area (Å²) >= 11 is 1.84. The van der Waals surface area contributed by atoms with Crippen LogP contribution in [-0.2, 0) is 11.2 Å². The van der Waals surface area contributed by atoms with Crippen molar-refractivity contribution in [2.75, 3.05) is 20.1 Å². The van der Waals surface area contributed by atoms with E-state index < -0.39 is 0 Å². The summed E-state index contributed by atoms with van der Waals surface area (Å²) in [5, 5.41) is 9.55. The van der Waals surface area contributed by atoms with Crippen LogP contribution in [0.4, 0.5) is 0 Å². The maximum Gasteiger partial charge on any atom is 0.223 e. The summed E-state index contributed by atoms with van der Waals surface area (Å²) in [4.78, 5) is 18.5. The maximum atomic E-state index is 11.5. The van der Waals surface area contributed by atoms with Gasteiger partial charge in [0.25, 0.3) is 0 Å². The van der Waals surface area contributed by atoms with E-state index in [9.17, 15) is 4.79 Å². The van der Waals surface area contributed by atoms with E-state index in [1.54, 1.807) is 7.05 Å². The number of hydrogen-bond donors (Lipinski definition) is 3. The van der Waals surface area contributed by atoms with Gasteiger partial charge in [0.2, 0.25) is 5.91 Å². The first-order valence-electron chi connectivity index (χ1n) is 7.88. The van der Waals surface area contributed by atoms with Crippen LogP contribution < -0.4 is 16.0 Å². The molecule has 0 aliphatic heterocycles. The lowest BCUT2D eigenvalue weighted by molar-refractivity contribution is -0.122. The molecule has 5 nitrogen and oxygen atoms in total. The Hall–Kier alpha value is -1.56. The minimum Gasteiger partial charge on any atom is -0.355 e. The van der Waals surface area contributed by atoms with Crippen LogP contribution >= 0.6 is 11.3 Å². The van der Waals surface area contributed by atoms with Crippen LogP contribution in [0.3, 0.4) is 0 Å². The van der Waals surface area contributed by atoms with E-state index in [1.807, 2.05) is 11.3 Å². The van der Waals surface area contributed by atoms with Crippen molar-refractivity contribution >= 4 is 23.2 Å². The Morgan fingerprint density at radius 2 is 2.09 bits per heavy atom. The largest absolute Gasteiger partial charge is 0.355 e. The van der Waals surface area contributed by atoms with Gasteiger partial charge in [0, 0.05) is 48.3 Å². The van der Waals surface area contributed by atoms with E-state index in [0.717, 1.165) is 25.2 Å². The Labute approximate surface area is 136 Å². The summed E-state index contributed by atoms with van der Waals surface area (Å²) < 4.78 is 0. The molecule has 0 saturated heterocycles. The second-order valence-electron chi connectivity index (χ2n) is 5.83. The van der Waals surface area contributed by atoms with Crippen molar-refractivity contribution in [3.05, 3.63) is 21.9 Å². The van der Waals surface area contributed by atoms with E-state index in [4.69, 9.17) is 0 Å². The van der Waals surface area contributed by atoms with Crippen LogP contribution in [0.1, 0.15) is 29.5 Å². The number of guanidine groups is 1. The number of nitrogens with one attached hydrogen (secondary N) is 3. The highest BCUT2D eigenvalue weighted by molar-refractivity contribution is 7.11. The quantitative estimate of drug-likeness (QED) is 0.406. The predicted octanol–water partition coefficient (Wildman–Crippen LogP) is 1.68. The highest BCUT2D eigenvalue weighted by Gasteiger charge is 2.28. The number of thiophene rings is 1. The molecule has 122 valence electrons. The Kier molecular flexibility index (Phi) is 6.24. The first-order chi connectivity index (χ1) is 10.6. The smallest absolute Gasteiger partial charge is 0.223 e. The Bertz CT molecular complexity index is 522. The van der Waals surface area contributed by atoms with Gasteiger partial charge in [-0.25, -0.2) is 0 Å². The monoisotopic (exact) mass is 322 g/mol. The summed E-state index contributed by atoms with van der Waals surface area (Å²) in [6.45, 7) is 5.59. The van der Waals surface area contributed by atoms with E-state index in [0.29, 0.717) is 19.1 Å². The first-order valence-corrected chi connectivity index (χ1v) is 8.70. The van der Waals surface area contributed by atoms with E-state index in [2.05, 4.69) is 46.9 Å². The third-order valence-electron chi connectivity index (χ3n) is 3.57. The highest BCUT2D eigenvalue weighted by atomic mass is 32.1. The Morgan fingerprint density at radius 3 is 2.68 bits per heavy atom. The minimum atomic E-state index is 0.186. The van der Waals surface area contributed by atoms with E-state index >= 15 is 0 Å². The second kappa shape index (κ2) is 8.17. The number of rotatable bonds is 7. The molecule has 2 rings (SSSR count). The molecule has 0 spiro atoms. The SMILES string of the molecule is CN=C(NCCNC(=O)C1CC1)NC(C)Cc1ccc(C)s1. The molecule has 1 aromatic heterocycles. The zero-order chi connectivity index (χ0) is 15.9. The minimum absolute atomic E-state index is 0.186. The number of carbonyl (C=O) groups is 1. The van der Waals surface area contributed by atoms with Crippen molar-refractivity contribution in [3.8, 4) is 0 Å². The summed E-state index contributed by atoms with van der Waals surface area (Å²) in [5.41, 5.74) is 0. The second-order valence-corrected chi connectivity index (χ2v) is 7.20. The van der Waals surface area contributed by atoms with Crippen LogP contribution in [0, 0.1) is 12.8 Å². The van der Waals surface area contributed by atoms with Crippen LogP contribution in [0.5, 0.6) is 0 Å². The van der Waals surface area contributed by atoms with Gasteiger partial charge in [0.05, 0.1) is 0 Å². The van der Waals surface area contributed by atoms with Crippen molar-refractivity contribution < 1.29 is 4.79 Å². The van der Waals surface area contributed by atoms with Crippen molar-refractivity contribution in [1.82, 2.24) is 16.0 Å². The average Bonchev–Trinajstić information content (AvgIpc) is 3.26. The van der Waals surface area contributed by atoms with Crippen LogP contribution in [-0.4, -0.2) is 38.0 Å². The molecule has 1 fully saturated rings. The third kappa shape index (κ3) is 5.67. The van der Waals surface area contributed by atoms with Gasteiger partial charge in [-0.05, 0) is 38.8 Å². The van der Waals surface area contributed by atoms with E-state index in [1.165, 1.54) is 9.75 Å². The molecule has 3 N–H and O–H groups in total. The van der Waals surface area contributed by atoms with Gasteiger partial charge in [-0.2, -0.15) is 0 Å². The van der Waals surface area contributed by atoms with E-state index in [-0.39, 0.29) is 11.8 Å². The summed E-state index contributed by atoms with van der Waals surface area (Å²) in [6, 6.07) is 4.65. The molecular weight excluding hydrogens is 296 g/mol. The molecule has 1 atom stereocenters. The molecule has 1 heterocycles. The van der Waals surface area contributed by atoms with Gasteiger partial charge < -0.3 is 16.0 Å². The van der Waals surface area contributed by atoms with Crippen LogP contribution in [0.15, 0.2) is 17.1 Å². The lowest BCUT2D eigenvalue weighted by atomic mass is 10.2. The predicted molar refractivity (Wildman–Crippen MR) is 92.5 cm³/mol. The molecule has 1 saturated carbocycles. The number of carbonyl (C=O) groups excluding carboxylic acids is 1. The van der Waals surface area contributed by atoms with Gasteiger partial charge >= 0.3 is 0 Å². The molecule has 22 heavy (non-hydrogen) atoms. The molecule has 1 aliphatic rings. The van der Waals surface area contributed by atoms with Crippen molar-refractivity contribution in [2.45, 2.75) is 39.2 Å². The van der Waals surface area contributed by atoms with Crippen molar-refractivity contribution in [3.63, 3.8) is 0 Å². The topological polar surface area (TPSA) is 65.5 Å². The molecule has 0 bridgehead atoms. The van der Waals surface area contributed by atoms with Crippen molar-refractivity contribution in [2.24, 2.45) is 10.9 Å². The summed E-state index contributed by atoms with van der Waals surface area (Å²) in [5.74, 6) is 1.24. The fourth-order valence-electron chi connectivity index (χ4n) is 2.23. The first kappa shape index (κ1) is 16.8. The molecular formula is C16H26N4OS. The number of aliphatic imine (C=N–C) groups is 1. The van der Waals surface area contributed by atoms with Gasteiger partial charge in [0.1, 0.15) is 0 Å². The zero-order valence-electron chi connectivity index (χ0n) is 13.6. The van der Waals surface area contributed by atoms with Gasteiger partial charge in [-0.1, -0.05) is 0 Å². The molecule has 1 unspecified atom stereocenters. The maximum absolute atomic E-state index is 11.5. The summed E-state index contributed by atoms with van der Waals surface area (Å²) in [7, 11) is 1.76. The van der Waals surface area contributed by atoms with Crippen LogP contribution in [0.25, 0.3) is 0 Å². The number of hydrogen-bond acceptors (Lipinski definition) is 3. The molecule has 1 amide bonds. The Balaban J connectivity index is 1.64. The average molecular weight is 322 g/mol. The normalized spacial score (nSPS) is 16.2. The molecule has 1 aliphatic carbocycles.